The van der Waals surface area contributed by atoms with Gasteiger partial charge in [0, 0.05) is 57.1 Å². The molecule has 4 heterocycles. The van der Waals surface area contributed by atoms with Crippen molar-refractivity contribution in [3.63, 3.8) is 0 Å². The Morgan fingerprint density at radius 3 is 2.65 bits per heavy atom. The van der Waals surface area contributed by atoms with Crippen LogP contribution in [0.3, 0.4) is 0 Å². The number of aromatic nitrogens is 2. The number of anilines is 3. The molecule has 0 radical (unpaired) electrons. The topological polar surface area (TPSA) is 108 Å². The number of carbonyl (C=O) groups excluding carboxylic acids is 1. The molecule has 3 aromatic rings. The first-order chi connectivity index (χ1) is 20.4. The van der Waals surface area contributed by atoms with E-state index >= 15 is 8.78 Å². The van der Waals surface area contributed by atoms with Gasteiger partial charge >= 0.3 is 6.18 Å². The van der Waals surface area contributed by atoms with Gasteiger partial charge in [-0.05, 0) is 26.0 Å². The van der Waals surface area contributed by atoms with E-state index in [-0.39, 0.29) is 29.9 Å². The maximum absolute atomic E-state index is 16.5. The molecule has 1 amide bonds. The van der Waals surface area contributed by atoms with Gasteiger partial charge in [0.05, 0.1) is 28.6 Å². The van der Waals surface area contributed by atoms with Gasteiger partial charge in [0.25, 0.3) is 5.91 Å². The zero-order valence-corrected chi connectivity index (χ0v) is 23.9. The average Bonchev–Trinajstić information content (AvgIpc) is 3.45. The van der Waals surface area contributed by atoms with Gasteiger partial charge < -0.3 is 25.0 Å². The van der Waals surface area contributed by atoms with Crippen LogP contribution in [0.15, 0.2) is 35.4 Å². The highest BCUT2D eigenvalue weighted by Crippen LogP contribution is 2.40. The van der Waals surface area contributed by atoms with Gasteiger partial charge in [0.1, 0.15) is 22.5 Å². The van der Waals surface area contributed by atoms with Gasteiger partial charge in [-0.25, -0.2) is 13.8 Å². The predicted octanol–water partition coefficient (Wildman–Crippen LogP) is 4.69. The van der Waals surface area contributed by atoms with Crippen molar-refractivity contribution in [2.45, 2.75) is 25.6 Å². The summed E-state index contributed by atoms with van der Waals surface area (Å²) in [6.07, 6.45) is -0.956. The molecule has 1 aromatic carbocycles. The first-order valence-corrected chi connectivity index (χ1v) is 14.1. The molecule has 0 aliphatic carbocycles. The van der Waals surface area contributed by atoms with Crippen LogP contribution in [0.2, 0.25) is 0 Å². The van der Waals surface area contributed by atoms with Gasteiger partial charge in [-0.15, -0.1) is 0 Å². The summed E-state index contributed by atoms with van der Waals surface area (Å²) in [7, 11) is 1.90. The van der Waals surface area contributed by atoms with E-state index in [0.717, 1.165) is 17.4 Å². The van der Waals surface area contributed by atoms with E-state index in [1.807, 2.05) is 24.9 Å². The molecule has 0 unspecified atom stereocenters. The molecule has 2 aliphatic rings. The van der Waals surface area contributed by atoms with Gasteiger partial charge in [-0.1, -0.05) is 17.4 Å². The third kappa shape index (κ3) is 6.11. The number of nitrogens with zero attached hydrogens (tertiary/aromatic N) is 5. The van der Waals surface area contributed by atoms with Crippen molar-refractivity contribution in [1.82, 2.24) is 14.9 Å². The van der Waals surface area contributed by atoms with Crippen LogP contribution in [0.5, 0.6) is 0 Å². The van der Waals surface area contributed by atoms with Gasteiger partial charge in [-0.3, -0.25) is 9.59 Å². The zero-order valence-electron chi connectivity index (χ0n) is 23.1. The van der Waals surface area contributed by atoms with Crippen LogP contribution in [-0.2, 0) is 6.18 Å². The fourth-order valence-corrected chi connectivity index (χ4v) is 5.90. The summed E-state index contributed by atoms with van der Waals surface area (Å²) < 4.78 is 73.4. The minimum atomic E-state index is -5.04. The Balaban J connectivity index is 1.58. The van der Waals surface area contributed by atoms with E-state index in [1.165, 1.54) is 6.20 Å². The maximum Gasteiger partial charge on any atom is 0.417 e. The van der Waals surface area contributed by atoms with Crippen molar-refractivity contribution in [2.75, 3.05) is 54.9 Å². The lowest BCUT2D eigenvalue weighted by Gasteiger charge is -2.40. The Labute approximate surface area is 246 Å². The number of alkyl halides is 3. The second-order valence-corrected chi connectivity index (χ2v) is 11.4. The maximum atomic E-state index is 16.5. The summed E-state index contributed by atoms with van der Waals surface area (Å²) in [6, 6.07) is 3.32. The minimum Gasteiger partial charge on any atom is -0.367 e. The van der Waals surface area contributed by atoms with Crippen LogP contribution in [0.1, 0.15) is 39.7 Å². The van der Waals surface area contributed by atoms with E-state index in [1.54, 1.807) is 15.9 Å². The summed E-state index contributed by atoms with van der Waals surface area (Å²) >= 11 is 1.13. The molecular weight excluding hydrogens is 593 g/mol. The third-order valence-electron chi connectivity index (χ3n) is 7.56. The zero-order chi connectivity index (χ0) is 31.1. The van der Waals surface area contributed by atoms with Crippen molar-refractivity contribution in [3.05, 3.63) is 74.2 Å². The quantitative estimate of drug-likeness (QED) is 0.399. The van der Waals surface area contributed by atoms with E-state index in [2.05, 4.69) is 15.3 Å². The average molecular weight is 620 g/mol. The van der Waals surface area contributed by atoms with Crippen molar-refractivity contribution < 1.29 is 26.7 Å². The van der Waals surface area contributed by atoms with E-state index < -0.39 is 51.7 Å². The van der Waals surface area contributed by atoms with Gasteiger partial charge in [0.15, 0.2) is 10.9 Å². The molecule has 0 saturated carbocycles. The predicted molar refractivity (Wildman–Crippen MR) is 152 cm³/mol. The van der Waals surface area contributed by atoms with E-state index in [9.17, 15) is 22.8 Å². The lowest BCUT2D eigenvalue weighted by Crippen LogP contribution is -2.50. The molecule has 5 rings (SSSR count). The first-order valence-electron chi connectivity index (χ1n) is 13.3. The number of amides is 1. The lowest BCUT2D eigenvalue weighted by molar-refractivity contribution is -0.138. The third-order valence-corrected chi connectivity index (χ3v) is 8.52. The highest BCUT2D eigenvalue weighted by Gasteiger charge is 2.37. The van der Waals surface area contributed by atoms with Crippen LogP contribution < -0.4 is 20.7 Å². The molecule has 1 fully saturated rings. The number of thiazole rings is 1. The highest BCUT2D eigenvalue weighted by atomic mass is 32.1. The molecule has 2 aromatic heterocycles. The monoisotopic (exact) mass is 619 g/mol. The van der Waals surface area contributed by atoms with Crippen LogP contribution >= 0.6 is 11.3 Å². The number of hydrogen-bond donors (Lipinski definition) is 2. The molecule has 15 heteroatoms. The number of rotatable bonds is 5. The molecule has 43 heavy (non-hydrogen) atoms. The standard InChI is InChI=1S/C28H26F5N7O2S/c1-15-13-39(7-6-38(15)2)21-9-20(29)23(16-4-3-5-40(14-16)27-36-11-17(10-34)43-27)24(30)25(21)37-26(42)18-12-35-22(41)8-19(18)28(31,32)33/h4,8-9,11-12,15H,3,5-7,13-14H2,1-2H3,(H,35,41)(H,37,42)/t15-/m0/s1. The largest absolute Gasteiger partial charge is 0.417 e. The van der Waals surface area contributed by atoms with E-state index in [4.69, 9.17) is 5.26 Å². The fraction of sp³-hybridized carbons (Fsp3) is 0.357. The van der Waals surface area contributed by atoms with E-state index in [0.29, 0.717) is 48.8 Å². The van der Waals surface area contributed by atoms with Crippen LogP contribution in [0.25, 0.3) is 5.57 Å². The first kappa shape index (κ1) is 30.2. The van der Waals surface area contributed by atoms with Crippen LogP contribution in [0, 0.1) is 23.0 Å². The van der Waals surface area contributed by atoms with Crippen molar-refractivity contribution in [3.8, 4) is 6.07 Å². The number of halogens is 5. The Hall–Kier alpha value is -4.29. The number of piperazine rings is 1. The molecule has 0 spiro atoms. The minimum absolute atomic E-state index is 0.0168. The Morgan fingerprint density at radius 2 is 1.98 bits per heavy atom. The molecule has 2 N–H and O–H groups in total. The SMILES string of the molecule is C[C@H]1CN(c2cc(F)c(C3=CCCN(c4ncc(C#N)s4)C3)c(F)c2NC(=O)c2c[nH]c(=O)cc2C(F)(F)F)CCN1C. The normalized spacial score (nSPS) is 17.9. The number of benzene rings is 1. The molecular formula is C28H26F5N7O2S. The summed E-state index contributed by atoms with van der Waals surface area (Å²) in [6.45, 7) is 3.67. The van der Waals surface area contributed by atoms with Crippen LogP contribution in [-0.4, -0.2) is 66.6 Å². The molecule has 1 saturated heterocycles. The van der Waals surface area contributed by atoms with Crippen molar-refractivity contribution >= 4 is 39.3 Å². The second-order valence-electron chi connectivity index (χ2n) is 10.4. The number of pyridine rings is 1. The fourth-order valence-electron chi connectivity index (χ4n) is 5.16. The van der Waals surface area contributed by atoms with Crippen molar-refractivity contribution in [1.29, 1.82) is 5.26 Å². The molecule has 2 aliphatic heterocycles. The van der Waals surface area contributed by atoms with Gasteiger partial charge in [-0.2, -0.15) is 18.4 Å². The Bertz CT molecular complexity index is 1690. The molecule has 0 bridgehead atoms. The highest BCUT2D eigenvalue weighted by molar-refractivity contribution is 7.16. The number of likely N-dealkylation sites (N-methyl/N-ethyl adjacent to an activating group) is 1. The Morgan fingerprint density at radius 1 is 1.21 bits per heavy atom. The summed E-state index contributed by atoms with van der Waals surface area (Å²) in [5.74, 6) is -3.37. The number of aromatic amines is 1. The number of nitriles is 1. The molecule has 226 valence electrons. The smallest absolute Gasteiger partial charge is 0.367 e. The summed E-state index contributed by atoms with van der Waals surface area (Å²) in [4.78, 5) is 37.0. The Kier molecular flexibility index (Phi) is 8.26. The molecule has 9 nitrogen and oxygen atoms in total. The molecule has 1 atom stereocenters. The second kappa shape index (κ2) is 11.8. The summed E-state index contributed by atoms with van der Waals surface area (Å²) in [5, 5.41) is 11.9. The summed E-state index contributed by atoms with van der Waals surface area (Å²) in [5.41, 5.74) is -4.15. The number of carbonyl (C=O) groups is 1. The lowest BCUT2D eigenvalue weighted by atomic mass is 9.97. The number of hydrogen-bond acceptors (Lipinski definition) is 8. The number of H-pyrrole nitrogens is 1. The van der Waals surface area contributed by atoms with Crippen molar-refractivity contribution in [2.24, 2.45) is 0 Å². The van der Waals surface area contributed by atoms with Gasteiger partial charge in [0.2, 0.25) is 5.56 Å². The van der Waals surface area contributed by atoms with Crippen LogP contribution in [0.4, 0.5) is 38.5 Å². The number of nitrogens with one attached hydrogen (secondary N) is 2.